The van der Waals surface area contributed by atoms with E-state index in [4.69, 9.17) is 0 Å². The second kappa shape index (κ2) is 6.16. The van der Waals surface area contributed by atoms with Crippen molar-refractivity contribution in [1.82, 2.24) is 9.78 Å². The van der Waals surface area contributed by atoms with Crippen LogP contribution in [0.2, 0.25) is 0 Å². The van der Waals surface area contributed by atoms with Crippen LogP contribution in [0.3, 0.4) is 0 Å². The van der Waals surface area contributed by atoms with E-state index in [0.29, 0.717) is 6.42 Å². The number of hydrogen-bond donors (Lipinski definition) is 1. The minimum Gasteiger partial charge on any atom is -0.386 e. The number of aromatic nitrogens is 2. The van der Waals surface area contributed by atoms with E-state index < -0.39 is 6.10 Å². The van der Waals surface area contributed by atoms with Crippen LogP contribution in [0.15, 0.2) is 41.0 Å². The summed E-state index contributed by atoms with van der Waals surface area (Å²) >= 11 is 3.44. The molecule has 4 heteroatoms. The van der Waals surface area contributed by atoms with Crippen molar-refractivity contribution in [3.63, 3.8) is 0 Å². The van der Waals surface area contributed by atoms with Crippen molar-refractivity contribution < 1.29 is 5.11 Å². The molecule has 0 bridgehead atoms. The van der Waals surface area contributed by atoms with Crippen LogP contribution in [-0.4, -0.2) is 14.9 Å². The maximum atomic E-state index is 10.3. The molecular formula is C14H17BrN2O. The second-order valence-corrected chi connectivity index (χ2v) is 5.24. The largest absolute Gasteiger partial charge is 0.386 e. The van der Waals surface area contributed by atoms with Crippen molar-refractivity contribution in [2.75, 3.05) is 0 Å². The number of benzene rings is 1. The molecule has 1 unspecified atom stereocenters. The molecule has 2 aromatic rings. The standard InChI is InChI=1S/C14H17BrN2O/c1-2-8-17-13(6-7-16-17)14(18)10-11-4-3-5-12(15)9-11/h3-7,9,14,18H,2,8,10H2,1H3. The maximum Gasteiger partial charge on any atom is 0.0996 e. The highest BCUT2D eigenvalue weighted by molar-refractivity contribution is 9.10. The van der Waals surface area contributed by atoms with E-state index in [1.54, 1.807) is 6.20 Å². The Bertz CT molecular complexity index is 510. The van der Waals surface area contributed by atoms with Gasteiger partial charge >= 0.3 is 0 Å². The molecule has 1 heterocycles. The Hall–Kier alpha value is -1.13. The zero-order chi connectivity index (χ0) is 13.0. The molecule has 18 heavy (non-hydrogen) atoms. The number of aryl methyl sites for hydroxylation is 1. The van der Waals surface area contributed by atoms with E-state index in [9.17, 15) is 5.11 Å². The molecule has 1 aromatic heterocycles. The van der Waals surface area contributed by atoms with E-state index in [2.05, 4.69) is 28.0 Å². The summed E-state index contributed by atoms with van der Waals surface area (Å²) in [6, 6.07) is 9.91. The highest BCUT2D eigenvalue weighted by atomic mass is 79.9. The Balaban J connectivity index is 2.11. The van der Waals surface area contributed by atoms with Gasteiger partial charge in [0.15, 0.2) is 0 Å². The van der Waals surface area contributed by atoms with Gasteiger partial charge in [0.1, 0.15) is 0 Å². The molecule has 3 nitrogen and oxygen atoms in total. The molecule has 0 aliphatic carbocycles. The van der Waals surface area contributed by atoms with Crippen LogP contribution in [0.4, 0.5) is 0 Å². The number of nitrogens with zero attached hydrogens (tertiary/aromatic N) is 2. The van der Waals surface area contributed by atoms with Crippen LogP contribution < -0.4 is 0 Å². The summed E-state index contributed by atoms with van der Waals surface area (Å²) in [7, 11) is 0. The fourth-order valence-corrected chi connectivity index (χ4v) is 2.46. The Morgan fingerprint density at radius 1 is 1.39 bits per heavy atom. The van der Waals surface area contributed by atoms with Crippen LogP contribution in [0.1, 0.15) is 30.7 Å². The van der Waals surface area contributed by atoms with Crippen LogP contribution in [0.25, 0.3) is 0 Å². The van der Waals surface area contributed by atoms with Crippen LogP contribution in [-0.2, 0) is 13.0 Å². The van der Waals surface area contributed by atoms with E-state index in [1.165, 1.54) is 0 Å². The normalized spacial score (nSPS) is 12.6. The predicted molar refractivity (Wildman–Crippen MR) is 75.3 cm³/mol. The molecule has 96 valence electrons. The van der Waals surface area contributed by atoms with Gasteiger partial charge < -0.3 is 5.11 Å². The van der Waals surface area contributed by atoms with Crippen molar-refractivity contribution in [3.05, 3.63) is 52.3 Å². The Kier molecular flexibility index (Phi) is 4.55. The summed E-state index contributed by atoms with van der Waals surface area (Å²) < 4.78 is 2.91. The number of aliphatic hydroxyl groups excluding tert-OH is 1. The van der Waals surface area contributed by atoms with Crippen molar-refractivity contribution >= 4 is 15.9 Å². The van der Waals surface area contributed by atoms with Crippen LogP contribution >= 0.6 is 15.9 Å². The molecule has 0 saturated carbocycles. The van der Waals surface area contributed by atoms with Gasteiger partial charge in [-0.2, -0.15) is 5.10 Å². The van der Waals surface area contributed by atoms with Gasteiger partial charge in [-0.05, 0) is 30.2 Å². The van der Waals surface area contributed by atoms with Crippen molar-refractivity contribution in [3.8, 4) is 0 Å². The van der Waals surface area contributed by atoms with Crippen LogP contribution in [0, 0.1) is 0 Å². The number of hydrogen-bond acceptors (Lipinski definition) is 2. The quantitative estimate of drug-likeness (QED) is 0.920. The summed E-state index contributed by atoms with van der Waals surface area (Å²) in [6.45, 7) is 2.95. The highest BCUT2D eigenvalue weighted by Gasteiger charge is 2.13. The fraction of sp³-hybridized carbons (Fsp3) is 0.357. The summed E-state index contributed by atoms with van der Waals surface area (Å²) in [4.78, 5) is 0. The first-order chi connectivity index (χ1) is 8.70. The third-order valence-corrected chi connectivity index (χ3v) is 3.34. The topological polar surface area (TPSA) is 38.0 Å². The average molecular weight is 309 g/mol. The third kappa shape index (κ3) is 3.21. The zero-order valence-corrected chi connectivity index (χ0v) is 12.0. The first-order valence-corrected chi connectivity index (χ1v) is 6.94. The molecule has 0 saturated heterocycles. The smallest absolute Gasteiger partial charge is 0.0996 e. The Labute approximate surface area is 116 Å². The summed E-state index contributed by atoms with van der Waals surface area (Å²) in [5, 5.41) is 14.5. The lowest BCUT2D eigenvalue weighted by atomic mass is 10.1. The van der Waals surface area contributed by atoms with Crippen LogP contribution in [0.5, 0.6) is 0 Å². The predicted octanol–water partition coefficient (Wildman–Crippen LogP) is 3.33. The molecule has 0 spiro atoms. The minimum absolute atomic E-state index is 0.506. The van der Waals surface area contributed by atoms with Gasteiger partial charge in [0.05, 0.1) is 11.8 Å². The lowest BCUT2D eigenvalue weighted by Crippen LogP contribution is -2.11. The molecule has 1 atom stereocenters. The lowest BCUT2D eigenvalue weighted by molar-refractivity contribution is 0.166. The molecule has 0 amide bonds. The van der Waals surface area contributed by atoms with E-state index in [1.807, 2.05) is 35.0 Å². The highest BCUT2D eigenvalue weighted by Crippen LogP contribution is 2.20. The average Bonchev–Trinajstić information content (AvgIpc) is 2.78. The van der Waals surface area contributed by atoms with Crippen molar-refractivity contribution in [2.45, 2.75) is 32.4 Å². The molecule has 0 aliphatic heterocycles. The van der Waals surface area contributed by atoms with E-state index in [0.717, 1.165) is 28.7 Å². The Morgan fingerprint density at radius 3 is 2.94 bits per heavy atom. The molecule has 2 rings (SSSR count). The van der Waals surface area contributed by atoms with E-state index in [-0.39, 0.29) is 0 Å². The van der Waals surface area contributed by atoms with Gasteiger partial charge in [0.2, 0.25) is 0 Å². The monoisotopic (exact) mass is 308 g/mol. The van der Waals surface area contributed by atoms with Gasteiger partial charge in [0.25, 0.3) is 0 Å². The first-order valence-electron chi connectivity index (χ1n) is 6.15. The molecule has 1 aromatic carbocycles. The van der Waals surface area contributed by atoms with Gasteiger partial charge in [-0.25, -0.2) is 0 Å². The van der Waals surface area contributed by atoms with E-state index >= 15 is 0 Å². The SMILES string of the molecule is CCCn1nccc1C(O)Cc1cccc(Br)c1. The number of aliphatic hydroxyl groups is 1. The fourth-order valence-electron chi connectivity index (χ4n) is 2.02. The van der Waals surface area contributed by atoms with Crippen molar-refractivity contribution in [2.24, 2.45) is 0 Å². The lowest BCUT2D eigenvalue weighted by Gasteiger charge is -2.13. The summed E-state index contributed by atoms with van der Waals surface area (Å²) in [5.74, 6) is 0. The summed E-state index contributed by atoms with van der Waals surface area (Å²) in [5.41, 5.74) is 2.00. The number of halogens is 1. The van der Waals surface area contributed by atoms with Gasteiger partial charge in [-0.15, -0.1) is 0 Å². The molecule has 1 N–H and O–H groups in total. The zero-order valence-electron chi connectivity index (χ0n) is 10.4. The minimum atomic E-state index is -0.506. The molecular weight excluding hydrogens is 292 g/mol. The first kappa shape index (κ1) is 13.3. The molecule has 0 aliphatic rings. The van der Waals surface area contributed by atoms with Gasteiger partial charge in [0, 0.05) is 23.6 Å². The molecule has 0 radical (unpaired) electrons. The van der Waals surface area contributed by atoms with Gasteiger partial charge in [-0.3, -0.25) is 4.68 Å². The van der Waals surface area contributed by atoms with Crippen molar-refractivity contribution in [1.29, 1.82) is 0 Å². The summed E-state index contributed by atoms with van der Waals surface area (Å²) in [6.07, 6.45) is 2.86. The molecule has 0 fully saturated rings. The second-order valence-electron chi connectivity index (χ2n) is 4.33. The van der Waals surface area contributed by atoms with Gasteiger partial charge in [-0.1, -0.05) is 35.0 Å². The third-order valence-electron chi connectivity index (χ3n) is 2.84. The Morgan fingerprint density at radius 2 is 2.22 bits per heavy atom. The number of rotatable bonds is 5. The maximum absolute atomic E-state index is 10.3.